The smallest absolute Gasteiger partial charge is 0.311 e. The Balaban J connectivity index is 1.57. The van der Waals surface area contributed by atoms with Gasteiger partial charge in [0.15, 0.2) is 5.69 Å². The molecular formula is C27H30FN7O6. The molecule has 13 nitrogen and oxygen atoms in total. The molecule has 0 radical (unpaired) electrons. The summed E-state index contributed by atoms with van der Waals surface area (Å²) in [6.45, 7) is 3.22. The molecule has 216 valence electrons. The van der Waals surface area contributed by atoms with Crippen molar-refractivity contribution in [2.45, 2.75) is 63.6 Å². The van der Waals surface area contributed by atoms with Gasteiger partial charge >= 0.3 is 11.8 Å². The van der Waals surface area contributed by atoms with Gasteiger partial charge in [-0.3, -0.25) is 23.7 Å². The van der Waals surface area contributed by atoms with E-state index < -0.39 is 45.7 Å². The van der Waals surface area contributed by atoms with Crippen LogP contribution in [0.4, 0.5) is 4.39 Å². The number of hydrogen-bond donors (Lipinski definition) is 3. The quantitative estimate of drug-likeness (QED) is 0.379. The summed E-state index contributed by atoms with van der Waals surface area (Å²) in [4.78, 5) is 57.9. The first-order valence-electron chi connectivity index (χ1n) is 13.1. The van der Waals surface area contributed by atoms with Gasteiger partial charge in [0.05, 0.1) is 11.0 Å². The first-order valence-corrected chi connectivity index (χ1v) is 13.1. The Labute approximate surface area is 233 Å². The van der Waals surface area contributed by atoms with Gasteiger partial charge in [-0.1, -0.05) is 12.1 Å². The van der Waals surface area contributed by atoms with Crippen LogP contribution in [0.1, 0.15) is 64.9 Å². The second kappa shape index (κ2) is 10.1. The fraction of sp³-hybridized carbons (Fsp3) is 0.444. The van der Waals surface area contributed by atoms with E-state index in [4.69, 9.17) is 4.42 Å². The minimum absolute atomic E-state index is 0.000632. The predicted octanol–water partition coefficient (Wildman–Crippen LogP) is 0.943. The second-order valence-corrected chi connectivity index (χ2v) is 10.9. The molecule has 0 unspecified atom stereocenters. The summed E-state index contributed by atoms with van der Waals surface area (Å²) in [5.41, 5.74) is -2.51. The van der Waals surface area contributed by atoms with E-state index in [-0.39, 0.29) is 37.6 Å². The molecule has 1 aliphatic carbocycles. The average molecular weight is 568 g/mol. The largest absolute Gasteiger partial charge is 0.501 e. The lowest BCUT2D eigenvalue weighted by Gasteiger charge is -2.40. The van der Waals surface area contributed by atoms with E-state index in [1.165, 1.54) is 30.8 Å². The van der Waals surface area contributed by atoms with Crippen molar-refractivity contribution in [3.8, 4) is 5.75 Å². The molecule has 1 fully saturated rings. The third kappa shape index (κ3) is 4.83. The van der Waals surface area contributed by atoms with Crippen LogP contribution >= 0.6 is 0 Å². The zero-order valence-corrected chi connectivity index (χ0v) is 23.1. The number of aromatic hydroxyl groups is 1. The molecule has 3 amide bonds. The highest BCUT2D eigenvalue weighted by molar-refractivity contribution is 6.35. The molecule has 6 rings (SSSR count). The van der Waals surface area contributed by atoms with E-state index in [1.807, 2.05) is 0 Å². The van der Waals surface area contributed by atoms with Crippen LogP contribution in [-0.4, -0.2) is 61.6 Å². The first-order chi connectivity index (χ1) is 19.4. The fourth-order valence-electron chi connectivity index (χ4n) is 5.58. The van der Waals surface area contributed by atoms with Crippen molar-refractivity contribution in [3.63, 3.8) is 0 Å². The summed E-state index contributed by atoms with van der Waals surface area (Å²) >= 11 is 0. The third-order valence-electron chi connectivity index (χ3n) is 7.92. The molecule has 1 saturated carbocycles. The maximum Gasteiger partial charge on any atom is 0.311 e. The van der Waals surface area contributed by atoms with E-state index >= 15 is 0 Å². The number of aromatic nitrogens is 4. The average Bonchev–Trinajstić information content (AvgIpc) is 3.28. The van der Waals surface area contributed by atoms with Crippen molar-refractivity contribution >= 4 is 17.7 Å². The summed E-state index contributed by atoms with van der Waals surface area (Å²) in [5, 5.41) is 24.4. The molecular weight excluding hydrogens is 537 g/mol. The molecule has 4 heterocycles. The summed E-state index contributed by atoms with van der Waals surface area (Å²) < 4.78 is 20.6. The first kappa shape index (κ1) is 27.9. The number of carbonyl (C=O) groups excluding carboxylic acids is 3. The molecule has 41 heavy (non-hydrogen) atoms. The number of hydrogen-bond acceptors (Lipinski definition) is 9. The molecule has 14 heteroatoms. The number of carbonyl (C=O) groups is 3. The maximum atomic E-state index is 13.6. The van der Waals surface area contributed by atoms with Crippen LogP contribution in [-0.2, 0) is 33.6 Å². The summed E-state index contributed by atoms with van der Waals surface area (Å²) in [7, 11) is 2.88. The lowest BCUT2D eigenvalue weighted by Crippen LogP contribution is -2.54. The molecule has 2 aromatic heterocycles. The molecule has 0 atom stereocenters. The number of rotatable bonds is 5. The summed E-state index contributed by atoms with van der Waals surface area (Å²) in [5.74, 6) is -3.09. The number of benzene rings is 1. The lowest BCUT2D eigenvalue weighted by molar-refractivity contribution is -0.145. The van der Waals surface area contributed by atoms with Gasteiger partial charge in [0.1, 0.15) is 11.6 Å². The zero-order valence-electron chi connectivity index (χ0n) is 23.1. The minimum atomic E-state index is -1.30. The lowest BCUT2D eigenvalue weighted by atomic mass is 9.68. The number of amides is 3. The molecule has 0 spiro atoms. The highest BCUT2D eigenvalue weighted by atomic mass is 19.1. The van der Waals surface area contributed by atoms with Gasteiger partial charge in [-0.2, -0.15) is 0 Å². The number of aryl methyl sites for hydroxylation is 2. The molecule has 3 aliphatic rings. The van der Waals surface area contributed by atoms with Crippen molar-refractivity contribution in [1.82, 2.24) is 35.3 Å². The van der Waals surface area contributed by atoms with Crippen LogP contribution < -0.4 is 16.2 Å². The highest BCUT2D eigenvalue weighted by Gasteiger charge is 2.54. The Morgan fingerprint density at radius 3 is 2.46 bits per heavy atom. The zero-order chi connectivity index (χ0) is 29.7. The maximum absolute atomic E-state index is 13.6. The minimum Gasteiger partial charge on any atom is -0.501 e. The van der Waals surface area contributed by atoms with E-state index in [0.717, 1.165) is 4.90 Å². The summed E-state index contributed by atoms with van der Waals surface area (Å²) in [6.07, 6.45) is 1.27. The Morgan fingerprint density at radius 1 is 1.15 bits per heavy atom. The van der Waals surface area contributed by atoms with Crippen LogP contribution in [0.15, 0.2) is 27.4 Å². The van der Waals surface area contributed by atoms with Crippen molar-refractivity contribution in [1.29, 1.82) is 0 Å². The van der Waals surface area contributed by atoms with Gasteiger partial charge in [-0.25, -0.2) is 9.37 Å². The fourth-order valence-corrected chi connectivity index (χ4v) is 5.58. The van der Waals surface area contributed by atoms with Crippen LogP contribution in [0.25, 0.3) is 0 Å². The standard InChI is InChI=1S/C27H30FN7O6/c1-14-11-16(5-6-17(14)28)12-29-20(37)18-19(36)22(39)35-13-26(25-33-32-15(2)41-25)7-9-27(10-8-26,24(35)30-18)31-21(38)23(40)34(3)4/h5-6,11,36H,7-10,12-13H2,1-4H3,(H,29,37)(H,31,38). The molecule has 3 aromatic rings. The van der Waals surface area contributed by atoms with Gasteiger partial charge in [-0.15, -0.1) is 10.2 Å². The normalized spacial score (nSPS) is 21.1. The predicted molar refractivity (Wildman–Crippen MR) is 140 cm³/mol. The van der Waals surface area contributed by atoms with Crippen LogP contribution in [0.2, 0.25) is 0 Å². The Hall–Kier alpha value is -4.62. The van der Waals surface area contributed by atoms with Crippen molar-refractivity contribution in [2.75, 3.05) is 14.1 Å². The topological polar surface area (TPSA) is 173 Å². The number of halogens is 1. The van der Waals surface area contributed by atoms with Gasteiger partial charge in [0.25, 0.3) is 11.5 Å². The SMILES string of the molecule is Cc1nnc(C23CCC(NC(=O)C(=O)N(C)C)(CC2)c2nc(C(=O)NCc4ccc(F)c(C)c4)c(O)c(=O)n2C3)o1. The van der Waals surface area contributed by atoms with Gasteiger partial charge in [0, 0.05) is 34.1 Å². The number of fused-ring (bicyclic) bond motifs is 2. The molecule has 0 saturated heterocycles. The number of nitrogens with one attached hydrogen (secondary N) is 2. The second-order valence-electron chi connectivity index (χ2n) is 10.9. The van der Waals surface area contributed by atoms with E-state index in [0.29, 0.717) is 35.7 Å². The van der Waals surface area contributed by atoms with E-state index in [2.05, 4.69) is 25.8 Å². The van der Waals surface area contributed by atoms with Crippen LogP contribution in [0.3, 0.4) is 0 Å². The van der Waals surface area contributed by atoms with E-state index in [1.54, 1.807) is 19.9 Å². The molecule has 1 aromatic carbocycles. The van der Waals surface area contributed by atoms with Gasteiger partial charge < -0.3 is 25.1 Å². The highest BCUT2D eigenvalue weighted by Crippen LogP contribution is 2.50. The summed E-state index contributed by atoms with van der Waals surface area (Å²) in [6, 6.07) is 4.35. The van der Waals surface area contributed by atoms with Crippen molar-refractivity contribution in [3.05, 3.63) is 68.8 Å². The van der Waals surface area contributed by atoms with Crippen LogP contribution in [0.5, 0.6) is 5.75 Å². The third-order valence-corrected chi connectivity index (χ3v) is 7.92. The Kier molecular flexibility index (Phi) is 6.87. The van der Waals surface area contributed by atoms with Crippen molar-refractivity contribution < 1.29 is 28.3 Å². The number of nitrogens with zero attached hydrogens (tertiary/aromatic N) is 5. The van der Waals surface area contributed by atoms with E-state index in [9.17, 15) is 28.7 Å². The number of likely N-dealkylation sites (N-methyl/N-ethyl adjacent to an activating group) is 1. The van der Waals surface area contributed by atoms with Crippen LogP contribution in [0, 0.1) is 19.7 Å². The van der Waals surface area contributed by atoms with Gasteiger partial charge in [-0.05, 0) is 49.8 Å². The van der Waals surface area contributed by atoms with Gasteiger partial charge in [0.2, 0.25) is 17.5 Å². The Bertz CT molecular complexity index is 1620. The molecule has 2 aliphatic heterocycles. The Morgan fingerprint density at radius 2 is 1.85 bits per heavy atom. The monoisotopic (exact) mass is 567 g/mol. The molecule has 2 bridgehead atoms. The molecule has 3 N–H and O–H groups in total. The van der Waals surface area contributed by atoms with Crippen molar-refractivity contribution in [2.24, 2.45) is 0 Å².